The van der Waals surface area contributed by atoms with Crippen LogP contribution in [-0.2, 0) is 14.8 Å². The first kappa shape index (κ1) is 25.0. The van der Waals surface area contributed by atoms with Gasteiger partial charge in [-0.05, 0) is 49.9 Å². The van der Waals surface area contributed by atoms with Gasteiger partial charge < -0.3 is 15.4 Å². The molecule has 0 saturated carbocycles. The van der Waals surface area contributed by atoms with Gasteiger partial charge in [-0.25, -0.2) is 27.2 Å². The summed E-state index contributed by atoms with van der Waals surface area (Å²) in [5, 5.41) is 0. The zero-order valence-corrected chi connectivity index (χ0v) is 20.3. The highest BCUT2D eigenvalue weighted by Crippen LogP contribution is 2.33. The van der Waals surface area contributed by atoms with Crippen LogP contribution in [0.5, 0.6) is 0 Å². The van der Waals surface area contributed by atoms with Crippen molar-refractivity contribution in [3.8, 4) is 0 Å². The highest BCUT2D eigenvalue weighted by Gasteiger charge is 2.30. The van der Waals surface area contributed by atoms with Gasteiger partial charge in [-0.3, -0.25) is 9.71 Å². The van der Waals surface area contributed by atoms with Gasteiger partial charge in [0.2, 0.25) is 11.8 Å². The zero-order chi connectivity index (χ0) is 26.0. The quantitative estimate of drug-likeness (QED) is 0.329. The first-order valence-electron chi connectivity index (χ1n) is 10.7. The third-order valence-corrected chi connectivity index (χ3v) is 6.85. The lowest BCUT2D eigenvalue weighted by atomic mass is 9.97. The number of hydrogen-bond acceptors (Lipinski definition) is 9. The van der Waals surface area contributed by atoms with E-state index in [4.69, 9.17) is 10.5 Å². The lowest BCUT2D eigenvalue weighted by Gasteiger charge is -2.34. The summed E-state index contributed by atoms with van der Waals surface area (Å²) in [5.41, 5.74) is 7.64. The maximum Gasteiger partial charge on any atom is 0.264 e. The monoisotopic (exact) mass is 515 g/mol. The summed E-state index contributed by atoms with van der Waals surface area (Å²) in [7, 11) is -3.20. The number of halogens is 2. The Hall–Kier alpha value is -4.13. The zero-order valence-electron chi connectivity index (χ0n) is 19.5. The summed E-state index contributed by atoms with van der Waals surface area (Å²) in [6.07, 6.45) is 5.70. The molecule has 0 unspecified atom stereocenters. The van der Waals surface area contributed by atoms with E-state index in [2.05, 4.69) is 31.4 Å². The van der Waals surface area contributed by atoms with E-state index in [-0.39, 0.29) is 17.5 Å². The normalized spacial score (nSPS) is 16.2. The van der Waals surface area contributed by atoms with Crippen molar-refractivity contribution in [1.82, 2.24) is 14.7 Å². The molecule has 2 aliphatic heterocycles. The Labute approximate surface area is 206 Å². The van der Waals surface area contributed by atoms with Crippen molar-refractivity contribution in [1.29, 1.82) is 0 Å². The third kappa shape index (κ3) is 4.82. The molecule has 0 fully saturated rings. The Morgan fingerprint density at radius 3 is 2.83 bits per heavy atom. The second-order valence-corrected chi connectivity index (χ2v) is 9.52. The van der Waals surface area contributed by atoms with E-state index in [1.807, 2.05) is 11.0 Å². The smallest absolute Gasteiger partial charge is 0.264 e. The molecule has 4 rings (SSSR count). The van der Waals surface area contributed by atoms with Crippen molar-refractivity contribution in [2.75, 3.05) is 30.8 Å². The number of nitrogens with two attached hydrogens (primary N) is 1. The van der Waals surface area contributed by atoms with Crippen LogP contribution in [0.25, 0.3) is 6.08 Å². The fraction of sp³-hybridized carbons (Fsp3) is 0.217. The SMILES string of the molecule is C=N/C(OC)=C(\C=C(/C)C1=Cc2cnc(N)nc2N2CCCN=C12)NS(=O)(=O)c1ccc(F)cc1F. The number of amidine groups is 1. The van der Waals surface area contributed by atoms with Crippen molar-refractivity contribution in [2.45, 2.75) is 18.2 Å². The van der Waals surface area contributed by atoms with E-state index < -0.39 is 26.6 Å². The van der Waals surface area contributed by atoms with Gasteiger partial charge >= 0.3 is 0 Å². The molecule has 0 radical (unpaired) electrons. The Balaban J connectivity index is 1.80. The molecule has 3 heterocycles. The van der Waals surface area contributed by atoms with Crippen molar-refractivity contribution < 1.29 is 21.9 Å². The Kier molecular flexibility index (Phi) is 6.84. The lowest BCUT2D eigenvalue weighted by molar-refractivity contribution is 0.284. The molecule has 0 atom stereocenters. The van der Waals surface area contributed by atoms with Gasteiger partial charge in [0.05, 0.1) is 7.11 Å². The van der Waals surface area contributed by atoms with Gasteiger partial charge in [0.1, 0.15) is 33.9 Å². The Morgan fingerprint density at radius 1 is 1.36 bits per heavy atom. The molecule has 13 heteroatoms. The van der Waals surface area contributed by atoms with Crippen LogP contribution in [0.15, 0.2) is 68.1 Å². The van der Waals surface area contributed by atoms with Crippen LogP contribution in [0.2, 0.25) is 0 Å². The fourth-order valence-corrected chi connectivity index (χ4v) is 4.96. The number of rotatable bonds is 7. The van der Waals surface area contributed by atoms with Crippen LogP contribution in [0.1, 0.15) is 18.9 Å². The van der Waals surface area contributed by atoms with Crippen molar-refractivity contribution >= 4 is 40.4 Å². The number of methoxy groups -OCH3 is 1. The maximum absolute atomic E-state index is 14.3. The number of hydrogen-bond donors (Lipinski definition) is 2. The number of fused-ring (bicyclic) bond motifs is 3. The summed E-state index contributed by atoms with van der Waals surface area (Å²) >= 11 is 0. The van der Waals surface area contributed by atoms with Gasteiger partial charge in [-0.2, -0.15) is 4.98 Å². The van der Waals surface area contributed by atoms with Gasteiger partial charge in [-0.1, -0.05) is 0 Å². The number of aromatic nitrogens is 2. The average Bonchev–Trinajstić information content (AvgIpc) is 2.83. The summed E-state index contributed by atoms with van der Waals surface area (Å²) in [4.78, 5) is 18.0. The van der Waals surface area contributed by atoms with Crippen LogP contribution in [0.4, 0.5) is 20.5 Å². The first-order chi connectivity index (χ1) is 17.1. The lowest BCUT2D eigenvalue weighted by Crippen LogP contribution is -2.40. The first-order valence-corrected chi connectivity index (χ1v) is 12.2. The summed E-state index contributed by atoms with van der Waals surface area (Å²) in [6.45, 7) is 6.41. The van der Waals surface area contributed by atoms with E-state index in [9.17, 15) is 17.2 Å². The standard InChI is InChI=1S/C23H23F2N7O3S/c1-13(16-10-14-12-29-23(26)30-20(14)32-8-4-7-28-21(16)32)9-18(22(27-2)35-3)31-36(33,34)19-6-5-15(24)11-17(19)25/h5-6,9-12,31H,2,4,7-8H2,1,3H3,(H2,26,29,30)/b13-9+,22-18-. The number of nitrogens with one attached hydrogen (secondary N) is 1. The number of benzene rings is 1. The second kappa shape index (κ2) is 9.85. The topological polar surface area (TPSA) is 135 Å². The molecule has 0 spiro atoms. The molecule has 2 aliphatic rings. The fourth-order valence-electron chi connectivity index (χ4n) is 3.85. The van der Waals surface area contributed by atoms with Gasteiger partial charge in [0.15, 0.2) is 0 Å². The van der Waals surface area contributed by atoms with E-state index in [0.29, 0.717) is 47.5 Å². The van der Waals surface area contributed by atoms with E-state index in [1.54, 1.807) is 13.1 Å². The van der Waals surface area contributed by atoms with E-state index in [0.717, 1.165) is 18.6 Å². The van der Waals surface area contributed by atoms with Crippen molar-refractivity contribution in [3.05, 3.63) is 70.4 Å². The van der Waals surface area contributed by atoms with Crippen LogP contribution >= 0.6 is 0 Å². The molecule has 0 saturated heterocycles. The highest BCUT2D eigenvalue weighted by atomic mass is 32.2. The average molecular weight is 516 g/mol. The number of aliphatic imine (C=N–C) groups is 2. The molecule has 36 heavy (non-hydrogen) atoms. The minimum atomic E-state index is -4.48. The Bertz CT molecular complexity index is 1470. The molecule has 3 N–H and O–H groups in total. The largest absolute Gasteiger partial charge is 0.480 e. The second-order valence-electron chi connectivity index (χ2n) is 7.86. The van der Waals surface area contributed by atoms with Crippen LogP contribution < -0.4 is 15.4 Å². The van der Waals surface area contributed by atoms with Crippen molar-refractivity contribution in [2.24, 2.45) is 9.98 Å². The summed E-state index contributed by atoms with van der Waals surface area (Å²) < 4.78 is 61.0. The van der Waals surface area contributed by atoms with Crippen LogP contribution in [0.3, 0.4) is 0 Å². The third-order valence-electron chi connectivity index (χ3n) is 5.45. The minimum absolute atomic E-state index is 0.114. The molecule has 188 valence electrons. The summed E-state index contributed by atoms with van der Waals surface area (Å²) in [5.74, 6) is -0.903. The van der Waals surface area contributed by atoms with Gasteiger partial charge in [-0.15, -0.1) is 0 Å². The van der Waals surface area contributed by atoms with E-state index in [1.165, 1.54) is 13.2 Å². The number of allylic oxidation sites excluding steroid dienone is 1. The van der Waals surface area contributed by atoms with Crippen LogP contribution in [-0.4, -0.2) is 51.1 Å². The van der Waals surface area contributed by atoms with Crippen LogP contribution in [0, 0.1) is 11.6 Å². The van der Waals surface area contributed by atoms with Gasteiger partial charge in [0, 0.05) is 36.5 Å². The number of nitrogens with zero attached hydrogens (tertiary/aromatic N) is 5. The molecule has 2 aromatic rings. The Morgan fingerprint density at radius 2 is 2.14 bits per heavy atom. The molecule has 10 nitrogen and oxygen atoms in total. The predicted molar refractivity (Wildman–Crippen MR) is 133 cm³/mol. The van der Waals surface area contributed by atoms with Crippen molar-refractivity contribution in [3.63, 3.8) is 0 Å². The molecule has 0 bridgehead atoms. The number of sulfonamides is 1. The molecule has 1 aromatic carbocycles. The minimum Gasteiger partial charge on any atom is -0.480 e. The molecular weight excluding hydrogens is 492 g/mol. The number of nitrogen functional groups attached to an aromatic ring is 1. The number of ether oxygens (including phenoxy) is 1. The highest BCUT2D eigenvalue weighted by molar-refractivity contribution is 7.89. The molecular formula is C23H23F2N7O3S. The number of anilines is 2. The molecule has 0 aliphatic carbocycles. The predicted octanol–water partition coefficient (Wildman–Crippen LogP) is 2.78. The molecule has 0 amide bonds. The molecule has 1 aromatic heterocycles. The van der Waals surface area contributed by atoms with E-state index >= 15 is 0 Å². The maximum atomic E-state index is 14.3. The summed E-state index contributed by atoms with van der Waals surface area (Å²) in [6, 6.07) is 2.16. The van der Waals surface area contributed by atoms with Gasteiger partial charge in [0.25, 0.3) is 10.0 Å².